The number of nitrogens with one attached hydrogen (secondary N) is 1. The van der Waals surface area contributed by atoms with Gasteiger partial charge in [0, 0.05) is 12.6 Å². The Balaban J connectivity index is 2.01. The van der Waals surface area contributed by atoms with Gasteiger partial charge in [-0.15, -0.1) is 0 Å². The highest BCUT2D eigenvalue weighted by Crippen LogP contribution is 2.22. The highest BCUT2D eigenvalue weighted by Gasteiger charge is 2.31. The van der Waals surface area contributed by atoms with E-state index in [0.717, 1.165) is 38.2 Å². The Labute approximate surface area is 146 Å². The van der Waals surface area contributed by atoms with Crippen LogP contribution in [-0.4, -0.2) is 54.0 Å². The van der Waals surface area contributed by atoms with Gasteiger partial charge < -0.3 is 9.73 Å². The number of rotatable bonds is 8. The molecule has 24 heavy (non-hydrogen) atoms. The molecule has 1 aliphatic heterocycles. The van der Waals surface area contributed by atoms with E-state index in [4.69, 9.17) is 4.42 Å². The molecular formula is C19H33N3O2. The molecule has 0 spiro atoms. The Bertz CT molecular complexity index is 483. The lowest BCUT2D eigenvalue weighted by molar-refractivity contribution is -0.128. The van der Waals surface area contributed by atoms with Gasteiger partial charge in [0.2, 0.25) is 5.91 Å². The second-order valence-corrected chi connectivity index (χ2v) is 6.84. The molecule has 1 N–H and O–H groups in total. The molecule has 5 heteroatoms. The molecule has 2 rings (SSSR count). The number of piperidine rings is 1. The minimum atomic E-state index is 0.00713. The molecule has 1 saturated heterocycles. The van der Waals surface area contributed by atoms with Crippen LogP contribution in [0.3, 0.4) is 0 Å². The van der Waals surface area contributed by atoms with Crippen molar-refractivity contribution < 1.29 is 9.21 Å². The van der Waals surface area contributed by atoms with Gasteiger partial charge in [0.1, 0.15) is 5.76 Å². The summed E-state index contributed by atoms with van der Waals surface area (Å²) >= 11 is 0. The maximum absolute atomic E-state index is 12.8. The first kappa shape index (κ1) is 19.0. The lowest BCUT2D eigenvalue weighted by Crippen LogP contribution is -2.53. The lowest BCUT2D eigenvalue weighted by atomic mass is 9.99. The molecule has 0 aromatic carbocycles. The van der Waals surface area contributed by atoms with Crippen LogP contribution in [0.4, 0.5) is 0 Å². The summed E-state index contributed by atoms with van der Waals surface area (Å²) < 4.78 is 5.61. The van der Waals surface area contributed by atoms with Crippen LogP contribution in [0.15, 0.2) is 22.8 Å². The van der Waals surface area contributed by atoms with Crippen molar-refractivity contribution in [3.05, 3.63) is 24.2 Å². The maximum Gasteiger partial charge on any atom is 0.237 e. The summed E-state index contributed by atoms with van der Waals surface area (Å²) in [5.74, 6) is 1.08. The van der Waals surface area contributed by atoms with E-state index in [9.17, 15) is 4.79 Å². The molecule has 1 amide bonds. The third kappa shape index (κ3) is 4.61. The van der Waals surface area contributed by atoms with E-state index >= 15 is 0 Å². The smallest absolute Gasteiger partial charge is 0.237 e. The van der Waals surface area contributed by atoms with Crippen molar-refractivity contribution in [3.63, 3.8) is 0 Å². The minimum absolute atomic E-state index is 0.00713. The summed E-state index contributed by atoms with van der Waals surface area (Å²) in [5.41, 5.74) is 0. The predicted octanol–water partition coefficient (Wildman–Crippen LogP) is 3.04. The number of likely N-dealkylation sites (tertiary alicyclic amines) is 1. The third-order valence-electron chi connectivity index (χ3n) is 5.10. The average molecular weight is 335 g/mol. The summed E-state index contributed by atoms with van der Waals surface area (Å²) in [6.07, 6.45) is 4.99. The fraction of sp³-hybridized carbons (Fsp3) is 0.737. The van der Waals surface area contributed by atoms with Crippen molar-refractivity contribution in [1.82, 2.24) is 15.1 Å². The standard InChI is InChI=1S/C19H33N3O2/c1-5-21(6-2)17(18-11-9-13-24-18)14-20-19(23)16-10-7-8-12-22(16)15(3)4/h9,11,13,15-17H,5-8,10,12,14H2,1-4H3,(H,20,23). The first-order valence-corrected chi connectivity index (χ1v) is 9.39. The molecule has 1 aromatic heterocycles. The van der Waals surface area contributed by atoms with Crippen molar-refractivity contribution in [3.8, 4) is 0 Å². The number of nitrogens with zero attached hydrogens (tertiary/aromatic N) is 2. The Morgan fingerprint density at radius 2 is 2.12 bits per heavy atom. The van der Waals surface area contributed by atoms with E-state index in [0.29, 0.717) is 12.6 Å². The second kappa shape index (κ2) is 9.23. The first-order valence-electron chi connectivity index (χ1n) is 9.39. The normalized spacial score (nSPS) is 20.5. The Hall–Kier alpha value is -1.33. The van der Waals surface area contributed by atoms with Crippen LogP contribution < -0.4 is 5.32 Å². The van der Waals surface area contributed by atoms with Gasteiger partial charge in [0.15, 0.2) is 0 Å². The molecule has 0 bridgehead atoms. The summed E-state index contributed by atoms with van der Waals surface area (Å²) in [5, 5.41) is 3.19. The van der Waals surface area contributed by atoms with E-state index in [1.165, 1.54) is 6.42 Å². The second-order valence-electron chi connectivity index (χ2n) is 6.84. The Kier molecular flexibility index (Phi) is 7.31. The number of furan rings is 1. The summed E-state index contributed by atoms with van der Waals surface area (Å²) in [6.45, 7) is 12.1. The molecule has 0 aliphatic carbocycles. The van der Waals surface area contributed by atoms with Crippen molar-refractivity contribution in [2.24, 2.45) is 0 Å². The first-order chi connectivity index (χ1) is 11.6. The van der Waals surface area contributed by atoms with Gasteiger partial charge in [-0.05, 0) is 58.5 Å². The molecular weight excluding hydrogens is 302 g/mol. The SMILES string of the molecule is CCN(CC)C(CNC(=O)C1CCCCN1C(C)C)c1ccco1. The number of carbonyl (C=O) groups is 1. The van der Waals surface area contributed by atoms with Crippen LogP contribution in [0.25, 0.3) is 0 Å². The molecule has 5 nitrogen and oxygen atoms in total. The summed E-state index contributed by atoms with van der Waals surface area (Å²) in [4.78, 5) is 17.4. The number of carbonyl (C=O) groups excluding carboxylic acids is 1. The lowest BCUT2D eigenvalue weighted by Gasteiger charge is -2.38. The highest BCUT2D eigenvalue weighted by molar-refractivity contribution is 5.81. The van der Waals surface area contributed by atoms with E-state index in [-0.39, 0.29) is 18.0 Å². The van der Waals surface area contributed by atoms with Crippen molar-refractivity contribution in [1.29, 1.82) is 0 Å². The van der Waals surface area contributed by atoms with E-state index < -0.39 is 0 Å². The molecule has 136 valence electrons. The summed E-state index contributed by atoms with van der Waals surface area (Å²) in [6, 6.07) is 4.42. The van der Waals surface area contributed by atoms with Crippen LogP contribution in [0.1, 0.15) is 58.8 Å². The molecule has 1 fully saturated rings. The fourth-order valence-corrected chi connectivity index (χ4v) is 3.72. The molecule has 2 atom stereocenters. The van der Waals surface area contributed by atoms with Crippen LogP contribution in [0, 0.1) is 0 Å². The fourth-order valence-electron chi connectivity index (χ4n) is 3.72. The van der Waals surface area contributed by atoms with Crippen LogP contribution in [-0.2, 0) is 4.79 Å². The predicted molar refractivity (Wildman–Crippen MR) is 96.9 cm³/mol. The molecule has 2 unspecified atom stereocenters. The summed E-state index contributed by atoms with van der Waals surface area (Å²) in [7, 11) is 0. The van der Waals surface area contributed by atoms with Gasteiger partial charge in [-0.3, -0.25) is 14.6 Å². The van der Waals surface area contributed by atoms with Gasteiger partial charge >= 0.3 is 0 Å². The molecule has 1 aromatic rings. The van der Waals surface area contributed by atoms with Crippen LogP contribution in [0.5, 0.6) is 0 Å². The molecule has 0 saturated carbocycles. The monoisotopic (exact) mass is 335 g/mol. The number of hydrogen-bond acceptors (Lipinski definition) is 4. The topological polar surface area (TPSA) is 48.7 Å². The van der Waals surface area contributed by atoms with Crippen molar-refractivity contribution in [2.75, 3.05) is 26.2 Å². The van der Waals surface area contributed by atoms with Gasteiger partial charge in [-0.25, -0.2) is 0 Å². The number of likely N-dealkylation sites (N-methyl/N-ethyl adjacent to an activating group) is 1. The third-order valence-corrected chi connectivity index (χ3v) is 5.10. The van der Waals surface area contributed by atoms with Gasteiger partial charge in [-0.2, -0.15) is 0 Å². The largest absolute Gasteiger partial charge is 0.468 e. The maximum atomic E-state index is 12.8. The van der Waals surface area contributed by atoms with Crippen molar-refractivity contribution in [2.45, 2.75) is 65.1 Å². The van der Waals surface area contributed by atoms with E-state index in [2.05, 4.69) is 42.8 Å². The zero-order valence-electron chi connectivity index (χ0n) is 15.6. The van der Waals surface area contributed by atoms with E-state index in [1.54, 1.807) is 6.26 Å². The van der Waals surface area contributed by atoms with Gasteiger partial charge in [0.05, 0.1) is 18.3 Å². The van der Waals surface area contributed by atoms with Gasteiger partial charge in [0.25, 0.3) is 0 Å². The number of hydrogen-bond donors (Lipinski definition) is 1. The van der Waals surface area contributed by atoms with Crippen molar-refractivity contribution >= 4 is 5.91 Å². The highest BCUT2D eigenvalue weighted by atomic mass is 16.3. The Morgan fingerprint density at radius 3 is 2.71 bits per heavy atom. The zero-order valence-corrected chi connectivity index (χ0v) is 15.6. The van der Waals surface area contributed by atoms with Gasteiger partial charge in [-0.1, -0.05) is 20.3 Å². The van der Waals surface area contributed by atoms with E-state index in [1.807, 2.05) is 12.1 Å². The number of amides is 1. The van der Waals surface area contributed by atoms with Crippen LogP contribution in [0.2, 0.25) is 0 Å². The zero-order chi connectivity index (χ0) is 17.5. The quantitative estimate of drug-likeness (QED) is 0.793. The van der Waals surface area contributed by atoms with Crippen LogP contribution >= 0.6 is 0 Å². The minimum Gasteiger partial charge on any atom is -0.468 e. The average Bonchev–Trinajstić information content (AvgIpc) is 3.12. The molecule has 0 radical (unpaired) electrons. The molecule has 1 aliphatic rings. The Morgan fingerprint density at radius 1 is 1.38 bits per heavy atom. The molecule has 2 heterocycles.